The zero-order chi connectivity index (χ0) is 17.2. The van der Waals surface area contributed by atoms with Crippen molar-refractivity contribution in [2.75, 3.05) is 26.9 Å². The van der Waals surface area contributed by atoms with Crippen LogP contribution in [0.4, 0.5) is 0 Å². The largest absolute Gasteiger partial charge is 0.497 e. The zero-order valence-electron chi connectivity index (χ0n) is 14.3. The molecule has 0 spiro atoms. The van der Waals surface area contributed by atoms with Gasteiger partial charge in [0.1, 0.15) is 19.0 Å². The van der Waals surface area contributed by atoms with E-state index in [1.165, 1.54) is 18.4 Å². The van der Waals surface area contributed by atoms with Gasteiger partial charge in [0.05, 0.1) is 12.1 Å². The first-order chi connectivity index (χ1) is 12.2. The molecule has 0 aromatic heterocycles. The molecule has 2 heterocycles. The van der Waals surface area contributed by atoms with E-state index >= 15 is 0 Å². The molecule has 2 aromatic carbocycles. The molecule has 2 aromatic rings. The van der Waals surface area contributed by atoms with E-state index < -0.39 is 0 Å². The predicted molar refractivity (Wildman–Crippen MR) is 97.8 cm³/mol. The fraction of sp³-hybridized carbons (Fsp3) is 0.400. The molecule has 0 aliphatic carbocycles. The highest BCUT2D eigenvalue weighted by molar-refractivity contribution is 6.32. The molecule has 2 aliphatic rings. The quantitative estimate of drug-likeness (QED) is 0.806. The van der Waals surface area contributed by atoms with Crippen molar-refractivity contribution >= 4 is 11.6 Å². The first-order valence-corrected chi connectivity index (χ1v) is 9.08. The van der Waals surface area contributed by atoms with Gasteiger partial charge in [-0.05, 0) is 54.8 Å². The van der Waals surface area contributed by atoms with E-state index in [1.54, 1.807) is 7.11 Å². The van der Waals surface area contributed by atoms with Gasteiger partial charge in [-0.2, -0.15) is 0 Å². The minimum atomic E-state index is 0.429. The van der Waals surface area contributed by atoms with Crippen molar-refractivity contribution in [3.8, 4) is 17.2 Å². The van der Waals surface area contributed by atoms with Crippen LogP contribution in [-0.2, 0) is 6.54 Å². The molecule has 0 radical (unpaired) electrons. The molecule has 25 heavy (non-hydrogen) atoms. The first kappa shape index (κ1) is 16.6. The maximum atomic E-state index is 6.38. The maximum absolute atomic E-state index is 6.38. The topological polar surface area (TPSA) is 30.9 Å². The average molecular weight is 360 g/mol. The number of ether oxygens (including phenoxy) is 3. The van der Waals surface area contributed by atoms with Crippen LogP contribution in [0.3, 0.4) is 0 Å². The van der Waals surface area contributed by atoms with E-state index in [0.717, 1.165) is 30.2 Å². The highest BCUT2D eigenvalue weighted by Gasteiger charge is 2.27. The molecule has 0 saturated carbocycles. The number of fused-ring (bicyclic) bond motifs is 1. The van der Waals surface area contributed by atoms with Gasteiger partial charge in [0, 0.05) is 12.6 Å². The van der Waals surface area contributed by atoms with Gasteiger partial charge < -0.3 is 14.2 Å². The summed E-state index contributed by atoms with van der Waals surface area (Å²) < 4.78 is 16.6. The second-order valence-corrected chi connectivity index (χ2v) is 6.91. The minimum Gasteiger partial charge on any atom is -0.497 e. The Morgan fingerprint density at radius 2 is 1.96 bits per heavy atom. The van der Waals surface area contributed by atoms with Gasteiger partial charge in [-0.25, -0.2) is 0 Å². The van der Waals surface area contributed by atoms with Crippen LogP contribution >= 0.6 is 11.6 Å². The van der Waals surface area contributed by atoms with Crippen molar-refractivity contribution in [2.24, 2.45) is 0 Å². The van der Waals surface area contributed by atoms with Crippen molar-refractivity contribution in [3.05, 3.63) is 52.5 Å². The molecule has 4 rings (SSSR count). The van der Waals surface area contributed by atoms with Gasteiger partial charge >= 0.3 is 0 Å². The second kappa shape index (κ2) is 7.14. The van der Waals surface area contributed by atoms with Crippen LogP contribution in [0.5, 0.6) is 17.2 Å². The molecular formula is C20H22ClNO3. The molecular weight excluding hydrogens is 338 g/mol. The van der Waals surface area contributed by atoms with Crippen LogP contribution in [0.2, 0.25) is 5.02 Å². The van der Waals surface area contributed by atoms with Crippen LogP contribution in [0.25, 0.3) is 0 Å². The summed E-state index contributed by atoms with van der Waals surface area (Å²) in [5.74, 6) is 2.32. The standard InChI is InChI=1S/C20H22ClNO3/c1-23-16-6-4-15(5-7-16)18-3-2-8-22(18)13-14-11-17(21)20-19(12-14)24-9-10-25-20/h4-7,11-12,18H,2-3,8-10,13H2,1H3/t18-/m0/s1. The Morgan fingerprint density at radius 3 is 2.76 bits per heavy atom. The lowest BCUT2D eigenvalue weighted by molar-refractivity contribution is 0.171. The molecule has 1 fully saturated rings. The van der Waals surface area contributed by atoms with Crippen molar-refractivity contribution in [2.45, 2.75) is 25.4 Å². The number of rotatable bonds is 4. The lowest BCUT2D eigenvalue weighted by Gasteiger charge is -2.26. The summed E-state index contributed by atoms with van der Waals surface area (Å²) in [4.78, 5) is 2.50. The minimum absolute atomic E-state index is 0.429. The summed E-state index contributed by atoms with van der Waals surface area (Å²) in [6.45, 7) is 3.07. The lowest BCUT2D eigenvalue weighted by atomic mass is 10.0. The number of benzene rings is 2. The molecule has 4 nitrogen and oxygen atoms in total. The molecule has 0 unspecified atom stereocenters. The smallest absolute Gasteiger partial charge is 0.179 e. The Bertz CT molecular complexity index is 747. The Morgan fingerprint density at radius 1 is 1.16 bits per heavy atom. The van der Waals surface area contributed by atoms with E-state index in [-0.39, 0.29) is 0 Å². The van der Waals surface area contributed by atoms with Crippen LogP contribution in [-0.4, -0.2) is 31.8 Å². The molecule has 0 N–H and O–H groups in total. The number of hydrogen-bond acceptors (Lipinski definition) is 4. The van der Waals surface area contributed by atoms with Crippen molar-refractivity contribution in [1.82, 2.24) is 4.90 Å². The van der Waals surface area contributed by atoms with Gasteiger partial charge in [0.2, 0.25) is 0 Å². The number of hydrogen-bond donors (Lipinski definition) is 0. The highest BCUT2D eigenvalue weighted by atomic mass is 35.5. The summed E-state index contributed by atoms with van der Waals surface area (Å²) >= 11 is 6.38. The van der Waals surface area contributed by atoms with Gasteiger partial charge in [-0.15, -0.1) is 0 Å². The first-order valence-electron chi connectivity index (χ1n) is 8.70. The lowest BCUT2D eigenvalue weighted by Crippen LogP contribution is -2.23. The normalized spacial score (nSPS) is 19.8. The van der Waals surface area contributed by atoms with E-state index in [9.17, 15) is 0 Å². The van der Waals surface area contributed by atoms with E-state index in [2.05, 4.69) is 23.1 Å². The summed E-state index contributed by atoms with van der Waals surface area (Å²) in [6.07, 6.45) is 2.37. The Hall–Kier alpha value is -1.91. The molecule has 0 bridgehead atoms. The van der Waals surface area contributed by atoms with Gasteiger partial charge in [0.25, 0.3) is 0 Å². The number of nitrogens with zero attached hydrogens (tertiary/aromatic N) is 1. The fourth-order valence-electron chi connectivity index (χ4n) is 3.71. The van der Waals surface area contributed by atoms with Crippen LogP contribution < -0.4 is 14.2 Å². The van der Waals surface area contributed by atoms with Crippen LogP contribution in [0, 0.1) is 0 Å². The van der Waals surface area contributed by atoms with Crippen LogP contribution in [0.15, 0.2) is 36.4 Å². The molecule has 1 atom stereocenters. The number of halogens is 1. The summed E-state index contributed by atoms with van der Waals surface area (Å²) in [7, 11) is 1.70. The van der Waals surface area contributed by atoms with Gasteiger partial charge in [0.15, 0.2) is 11.5 Å². The fourth-order valence-corrected chi connectivity index (χ4v) is 4.00. The third-order valence-corrected chi connectivity index (χ3v) is 5.19. The zero-order valence-corrected chi connectivity index (χ0v) is 15.1. The summed E-state index contributed by atoms with van der Waals surface area (Å²) in [5, 5.41) is 0.632. The maximum Gasteiger partial charge on any atom is 0.179 e. The van der Waals surface area contributed by atoms with Crippen molar-refractivity contribution < 1.29 is 14.2 Å². The van der Waals surface area contributed by atoms with E-state index in [0.29, 0.717) is 30.0 Å². The molecule has 0 amide bonds. The predicted octanol–water partition coefficient (Wildman–Crippen LogP) is 4.46. The number of likely N-dealkylation sites (tertiary alicyclic amines) is 1. The molecule has 1 saturated heterocycles. The second-order valence-electron chi connectivity index (χ2n) is 6.50. The number of methoxy groups -OCH3 is 1. The summed E-state index contributed by atoms with van der Waals surface area (Å²) in [5.41, 5.74) is 2.50. The Kier molecular flexibility index (Phi) is 4.73. The van der Waals surface area contributed by atoms with Crippen LogP contribution in [0.1, 0.15) is 30.0 Å². The molecule has 2 aliphatic heterocycles. The molecule has 132 valence electrons. The average Bonchev–Trinajstić information content (AvgIpc) is 3.10. The van der Waals surface area contributed by atoms with Gasteiger partial charge in [-0.3, -0.25) is 4.90 Å². The van der Waals surface area contributed by atoms with Crippen molar-refractivity contribution in [3.63, 3.8) is 0 Å². The monoisotopic (exact) mass is 359 g/mol. The molecule has 5 heteroatoms. The van der Waals surface area contributed by atoms with E-state index in [4.69, 9.17) is 25.8 Å². The van der Waals surface area contributed by atoms with Gasteiger partial charge in [-0.1, -0.05) is 23.7 Å². The SMILES string of the molecule is COc1ccc([C@@H]2CCCN2Cc2cc(Cl)c3c(c2)OCCO3)cc1. The Balaban J connectivity index is 1.54. The highest BCUT2D eigenvalue weighted by Crippen LogP contribution is 2.40. The van der Waals surface area contributed by atoms with E-state index in [1.807, 2.05) is 18.2 Å². The Labute approximate surface area is 153 Å². The summed E-state index contributed by atoms with van der Waals surface area (Å²) in [6, 6.07) is 12.9. The third kappa shape index (κ3) is 3.42. The third-order valence-electron chi connectivity index (χ3n) is 4.91. The van der Waals surface area contributed by atoms with Crippen molar-refractivity contribution in [1.29, 1.82) is 0 Å².